The number of nitrogens with zero attached hydrogens (tertiary/aromatic N) is 3. The second kappa shape index (κ2) is 6.82. The van der Waals surface area contributed by atoms with Crippen molar-refractivity contribution in [3.63, 3.8) is 0 Å². The molecule has 1 atom stereocenters. The van der Waals surface area contributed by atoms with Crippen molar-refractivity contribution in [3.05, 3.63) is 46.2 Å². The summed E-state index contributed by atoms with van der Waals surface area (Å²) in [7, 11) is 1.90. The van der Waals surface area contributed by atoms with E-state index in [-0.39, 0.29) is 0 Å². The second-order valence-electron chi connectivity index (χ2n) is 4.65. The van der Waals surface area contributed by atoms with E-state index in [4.69, 9.17) is 0 Å². The van der Waals surface area contributed by atoms with Crippen molar-refractivity contribution in [1.29, 1.82) is 0 Å². The van der Waals surface area contributed by atoms with E-state index in [1.54, 1.807) is 4.68 Å². The molecule has 2 aromatic rings. The molecule has 0 aliphatic heterocycles. The van der Waals surface area contributed by atoms with E-state index in [1.165, 1.54) is 5.56 Å². The fourth-order valence-electron chi connectivity index (χ4n) is 2.13. The second-order valence-corrected chi connectivity index (χ2v) is 5.56. The molecule has 1 heterocycles. The van der Waals surface area contributed by atoms with Crippen LogP contribution in [0.25, 0.3) is 0 Å². The molecule has 0 aliphatic carbocycles. The molecule has 0 saturated carbocycles. The van der Waals surface area contributed by atoms with Crippen LogP contribution in [0.1, 0.15) is 24.1 Å². The minimum atomic E-state index is 0.411. The van der Waals surface area contributed by atoms with E-state index >= 15 is 0 Å². The molecular formula is C14H19BrN4. The predicted octanol–water partition coefficient (Wildman–Crippen LogP) is 2.51. The first-order chi connectivity index (χ1) is 9.19. The highest BCUT2D eigenvalue weighted by molar-refractivity contribution is 9.10. The summed E-state index contributed by atoms with van der Waals surface area (Å²) in [6.07, 6.45) is 2.88. The lowest BCUT2D eigenvalue weighted by atomic mass is 9.94. The normalized spacial score (nSPS) is 12.6. The molecule has 1 N–H and O–H groups in total. The van der Waals surface area contributed by atoms with Gasteiger partial charge in [-0.15, -0.1) is 5.10 Å². The van der Waals surface area contributed by atoms with Gasteiger partial charge in [-0.05, 0) is 24.2 Å². The van der Waals surface area contributed by atoms with E-state index in [0.29, 0.717) is 5.92 Å². The van der Waals surface area contributed by atoms with E-state index in [1.807, 2.05) is 13.2 Å². The number of aromatic nitrogens is 3. The SMILES string of the molecule is CCNCC(Cc1cn(C)nn1)c1cccc(Br)c1. The fourth-order valence-corrected chi connectivity index (χ4v) is 2.55. The molecule has 0 aliphatic rings. The summed E-state index contributed by atoms with van der Waals surface area (Å²) in [4.78, 5) is 0. The molecule has 2 rings (SSSR count). The van der Waals surface area contributed by atoms with Crippen molar-refractivity contribution in [1.82, 2.24) is 20.3 Å². The zero-order valence-corrected chi connectivity index (χ0v) is 12.9. The van der Waals surface area contributed by atoms with Gasteiger partial charge < -0.3 is 5.32 Å². The average Bonchev–Trinajstić information content (AvgIpc) is 2.80. The maximum atomic E-state index is 4.19. The smallest absolute Gasteiger partial charge is 0.0833 e. The van der Waals surface area contributed by atoms with Crippen LogP contribution < -0.4 is 5.32 Å². The Labute approximate surface area is 122 Å². The molecule has 1 unspecified atom stereocenters. The van der Waals surface area contributed by atoms with Gasteiger partial charge in [0.2, 0.25) is 0 Å². The Balaban J connectivity index is 2.15. The number of aryl methyl sites for hydroxylation is 1. The third kappa shape index (κ3) is 4.14. The molecular weight excluding hydrogens is 304 g/mol. The molecule has 1 aromatic heterocycles. The minimum Gasteiger partial charge on any atom is -0.316 e. The van der Waals surface area contributed by atoms with Crippen LogP contribution in [0.5, 0.6) is 0 Å². The van der Waals surface area contributed by atoms with E-state index in [9.17, 15) is 0 Å². The highest BCUT2D eigenvalue weighted by Gasteiger charge is 2.14. The predicted molar refractivity (Wildman–Crippen MR) is 80.1 cm³/mol. The topological polar surface area (TPSA) is 42.7 Å². The van der Waals surface area contributed by atoms with Crippen molar-refractivity contribution in [3.8, 4) is 0 Å². The summed E-state index contributed by atoms with van der Waals surface area (Å²) in [5, 5.41) is 11.6. The molecule has 4 nitrogen and oxygen atoms in total. The summed E-state index contributed by atoms with van der Waals surface area (Å²) in [6, 6.07) is 8.48. The summed E-state index contributed by atoms with van der Waals surface area (Å²) in [6.45, 7) is 4.05. The summed E-state index contributed by atoms with van der Waals surface area (Å²) in [5.74, 6) is 0.411. The lowest BCUT2D eigenvalue weighted by molar-refractivity contribution is 0.588. The highest BCUT2D eigenvalue weighted by Crippen LogP contribution is 2.22. The van der Waals surface area contributed by atoms with Gasteiger partial charge in [0.25, 0.3) is 0 Å². The van der Waals surface area contributed by atoms with Gasteiger partial charge in [-0.25, -0.2) is 0 Å². The Kier molecular flexibility index (Phi) is 5.10. The first-order valence-corrected chi connectivity index (χ1v) is 7.29. The van der Waals surface area contributed by atoms with Crippen LogP contribution in [-0.4, -0.2) is 28.1 Å². The summed E-state index contributed by atoms with van der Waals surface area (Å²) in [5.41, 5.74) is 2.35. The van der Waals surface area contributed by atoms with Crippen LogP contribution in [0.15, 0.2) is 34.9 Å². The molecule has 0 bridgehead atoms. The molecule has 0 amide bonds. The Bertz CT molecular complexity index is 524. The summed E-state index contributed by atoms with van der Waals surface area (Å²) < 4.78 is 2.87. The zero-order valence-electron chi connectivity index (χ0n) is 11.3. The lowest BCUT2D eigenvalue weighted by Crippen LogP contribution is -2.22. The van der Waals surface area contributed by atoms with Gasteiger partial charge in [0.05, 0.1) is 5.69 Å². The van der Waals surface area contributed by atoms with E-state index in [0.717, 1.165) is 29.7 Å². The van der Waals surface area contributed by atoms with Crippen LogP contribution in [0, 0.1) is 0 Å². The van der Waals surface area contributed by atoms with Crippen molar-refractivity contribution in [2.24, 2.45) is 7.05 Å². The Morgan fingerprint density at radius 3 is 2.89 bits per heavy atom. The monoisotopic (exact) mass is 322 g/mol. The van der Waals surface area contributed by atoms with Crippen LogP contribution in [0.3, 0.4) is 0 Å². The van der Waals surface area contributed by atoms with Crippen LogP contribution in [0.4, 0.5) is 0 Å². The average molecular weight is 323 g/mol. The number of rotatable bonds is 6. The number of hydrogen-bond donors (Lipinski definition) is 1. The van der Waals surface area contributed by atoms with Crippen LogP contribution in [0.2, 0.25) is 0 Å². The molecule has 0 radical (unpaired) electrons. The number of benzene rings is 1. The molecule has 0 spiro atoms. The van der Waals surface area contributed by atoms with Crippen molar-refractivity contribution >= 4 is 15.9 Å². The van der Waals surface area contributed by atoms with E-state index in [2.05, 4.69) is 62.7 Å². The molecule has 102 valence electrons. The molecule has 19 heavy (non-hydrogen) atoms. The van der Waals surface area contributed by atoms with Crippen LogP contribution >= 0.6 is 15.9 Å². The first-order valence-electron chi connectivity index (χ1n) is 6.50. The van der Waals surface area contributed by atoms with Gasteiger partial charge in [-0.3, -0.25) is 4.68 Å². The van der Waals surface area contributed by atoms with Crippen molar-refractivity contribution in [2.75, 3.05) is 13.1 Å². The van der Waals surface area contributed by atoms with Crippen molar-refractivity contribution in [2.45, 2.75) is 19.3 Å². The van der Waals surface area contributed by atoms with Gasteiger partial charge >= 0.3 is 0 Å². The largest absolute Gasteiger partial charge is 0.316 e. The minimum absolute atomic E-state index is 0.411. The number of halogens is 1. The first kappa shape index (κ1) is 14.2. The fraction of sp³-hybridized carbons (Fsp3) is 0.429. The lowest BCUT2D eigenvalue weighted by Gasteiger charge is -2.17. The maximum Gasteiger partial charge on any atom is 0.0833 e. The molecule has 0 saturated heterocycles. The highest BCUT2D eigenvalue weighted by atomic mass is 79.9. The number of nitrogens with one attached hydrogen (secondary N) is 1. The van der Waals surface area contributed by atoms with Gasteiger partial charge in [0.1, 0.15) is 0 Å². The Morgan fingerprint density at radius 2 is 2.26 bits per heavy atom. The zero-order chi connectivity index (χ0) is 13.7. The third-order valence-corrected chi connectivity index (χ3v) is 3.56. The van der Waals surface area contributed by atoms with E-state index < -0.39 is 0 Å². The van der Waals surface area contributed by atoms with Gasteiger partial charge in [0, 0.05) is 36.6 Å². The number of likely N-dealkylation sites (N-methyl/N-ethyl adjacent to an activating group) is 1. The quantitative estimate of drug-likeness (QED) is 0.888. The van der Waals surface area contributed by atoms with Crippen molar-refractivity contribution < 1.29 is 0 Å². The molecule has 5 heteroatoms. The van der Waals surface area contributed by atoms with Gasteiger partial charge in [-0.2, -0.15) is 0 Å². The standard InChI is InChI=1S/C14H19BrN4/c1-3-16-9-12(8-14-10-19(2)18-17-14)11-5-4-6-13(15)7-11/h4-7,10,12,16H,3,8-9H2,1-2H3. The number of hydrogen-bond acceptors (Lipinski definition) is 3. The van der Waals surface area contributed by atoms with Crippen LogP contribution in [-0.2, 0) is 13.5 Å². The Hall–Kier alpha value is -1.20. The Morgan fingerprint density at radius 1 is 1.42 bits per heavy atom. The van der Waals surface area contributed by atoms with Gasteiger partial charge in [-0.1, -0.05) is 40.2 Å². The molecule has 1 aromatic carbocycles. The maximum absolute atomic E-state index is 4.19. The third-order valence-electron chi connectivity index (χ3n) is 3.07. The van der Waals surface area contributed by atoms with Gasteiger partial charge in [0.15, 0.2) is 0 Å². The summed E-state index contributed by atoms with van der Waals surface area (Å²) >= 11 is 3.54. The molecule has 0 fully saturated rings.